The van der Waals surface area contributed by atoms with Crippen LogP contribution in [0.4, 0.5) is 11.4 Å². The van der Waals surface area contributed by atoms with E-state index in [9.17, 15) is 10.1 Å². The fourth-order valence-electron chi connectivity index (χ4n) is 4.21. The highest BCUT2D eigenvalue weighted by Crippen LogP contribution is 2.33. The standard InChI is InChI=1S/C19H28ClN3O3/c1-13-11-18(19(23(24)25)12-17(13)20)21-14-7-9-22(10-8-14)15-3-5-16(26-2)6-4-15/h11-12,14-16,21H,3-10H2,1-2H3/t15-,16+. The molecular weight excluding hydrogens is 354 g/mol. The van der Waals surface area contributed by atoms with Crippen LogP contribution < -0.4 is 5.32 Å². The molecule has 1 aromatic rings. The maximum atomic E-state index is 11.3. The van der Waals surface area contributed by atoms with Gasteiger partial charge in [0.25, 0.3) is 5.69 Å². The molecule has 1 aliphatic heterocycles. The molecule has 0 bridgehead atoms. The highest BCUT2D eigenvalue weighted by atomic mass is 35.5. The average molecular weight is 382 g/mol. The van der Waals surface area contributed by atoms with E-state index in [1.165, 1.54) is 18.9 Å². The third-order valence-corrected chi connectivity index (χ3v) is 6.26. The van der Waals surface area contributed by atoms with E-state index in [1.807, 2.05) is 6.92 Å². The van der Waals surface area contributed by atoms with Gasteiger partial charge in [-0.1, -0.05) is 11.6 Å². The van der Waals surface area contributed by atoms with E-state index in [1.54, 1.807) is 13.2 Å². The van der Waals surface area contributed by atoms with Crippen LogP contribution >= 0.6 is 11.6 Å². The van der Waals surface area contributed by atoms with Crippen LogP contribution in [-0.4, -0.2) is 48.2 Å². The second-order valence-corrected chi connectivity index (χ2v) is 7.90. The summed E-state index contributed by atoms with van der Waals surface area (Å²) in [5.41, 5.74) is 1.49. The Morgan fingerprint density at radius 2 is 1.85 bits per heavy atom. The first kappa shape index (κ1) is 19.4. The van der Waals surface area contributed by atoms with Crippen molar-refractivity contribution in [3.05, 3.63) is 32.8 Å². The molecule has 1 aromatic carbocycles. The summed E-state index contributed by atoms with van der Waals surface area (Å²) in [7, 11) is 1.81. The number of methoxy groups -OCH3 is 1. The molecule has 0 radical (unpaired) electrons. The van der Waals surface area contributed by atoms with Gasteiger partial charge in [-0.2, -0.15) is 0 Å². The quantitative estimate of drug-likeness (QED) is 0.605. The Kier molecular flexibility index (Phi) is 6.37. The number of hydrogen-bond acceptors (Lipinski definition) is 5. The van der Waals surface area contributed by atoms with Crippen molar-refractivity contribution in [3.8, 4) is 0 Å². The van der Waals surface area contributed by atoms with Crippen molar-refractivity contribution in [2.24, 2.45) is 0 Å². The molecule has 0 amide bonds. The smallest absolute Gasteiger partial charge is 0.293 e. The van der Waals surface area contributed by atoms with Crippen LogP contribution in [-0.2, 0) is 4.74 Å². The van der Waals surface area contributed by atoms with E-state index in [0.717, 1.165) is 44.3 Å². The molecule has 0 atom stereocenters. The highest BCUT2D eigenvalue weighted by Gasteiger charge is 2.29. The number of anilines is 1. The molecule has 1 heterocycles. The van der Waals surface area contributed by atoms with Gasteiger partial charge in [0.05, 0.1) is 16.0 Å². The van der Waals surface area contributed by atoms with Crippen molar-refractivity contribution in [1.29, 1.82) is 0 Å². The monoisotopic (exact) mass is 381 g/mol. The molecule has 0 unspecified atom stereocenters. The number of aryl methyl sites for hydroxylation is 1. The summed E-state index contributed by atoms with van der Waals surface area (Å²) in [4.78, 5) is 13.6. The molecule has 1 saturated carbocycles. The zero-order chi connectivity index (χ0) is 18.7. The third-order valence-electron chi connectivity index (χ3n) is 5.86. The lowest BCUT2D eigenvalue weighted by Crippen LogP contribution is -2.46. The summed E-state index contributed by atoms with van der Waals surface area (Å²) in [6.07, 6.45) is 7.15. The number of nitrogens with one attached hydrogen (secondary N) is 1. The zero-order valence-electron chi connectivity index (χ0n) is 15.5. The van der Waals surface area contributed by atoms with Crippen molar-refractivity contribution < 1.29 is 9.66 Å². The van der Waals surface area contributed by atoms with E-state index in [-0.39, 0.29) is 16.7 Å². The molecule has 0 spiro atoms. The number of nitro benzene ring substituents is 1. The van der Waals surface area contributed by atoms with E-state index in [4.69, 9.17) is 16.3 Å². The van der Waals surface area contributed by atoms with Gasteiger partial charge in [-0.25, -0.2) is 0 Å². The molecule has 1 aliphatic carbocycles. The lowest BCUT2D eigenvalue weighted by molar-refractivity contribution is -0.384. The van der Waals surface area contributed by atoms with Crippen LogP contribution in [0.2, 0.25) is 5.02 Å². The van der Waals surface area contributed by atoms with Gasteiger partial charge in [0, 0.05) is 38.3 Å². The van der Waals surface area contributed by atoms with Gasteiger partial charge < -0.3 is 15.0 Å². The lowest BCUT2D eigenvalue weighted by Gasteiger charge is -2.40. The molecule has 26 heavy (non-hydrogen) atoms. The molecule has 7 heteroatoms. The first-order valence-electron chi connectivity index (χ1n) is 9.46. The van der Waals surface area contributed by atoms with Gasteiger partial charge in [-0.15, -0.1) is 0 Å². The van der Waals surface area contributed by atoms with Crippen molar-refractivity contribution in [1.82, 2.24) is 4.90 Å². The molecular formula is C19H28ClN3O3. The SMILES string of the molecule is CO[C@H]1CC[C@@H](N2CCC(Nc3cc(C)c(Cl)cc3[N+](=O)[O-])CC2)CC1. The molecule has 1 saturated heterocycles. The first-order chi connectivity index (χ1) is 12.5. The van der Waals surface area contributed by atoms with Gasteiger partial charge >= 0.3 is 0 Å². The number of ether oxygens (including phenoxy) is 1. The minimum atomic E-state index is -0.364. The van der Waals surface area contributed by atoms with E-state index in [2.05, 4.69) is 10.2 Å². The second kappa shape index (κ2) is 8.55. The first-order valence-corrected chi connectivity index (χ1v) is 9.83. The summed E-state index contributed by atoms with van der Waals surface area (Å²) in [5, 5.41) is 15.2. The molecule has 3 rings (SSSR count). The summed E-state index contributed by atoms with van der Waals surface area (Å²) < 4.78 is 5.47. The van der Waals surface area contributed by atoms with E-state index in [0.29, 0.717) is 22.9 Å². The van der Waals surface area contributed by atoms with E-state index < -0.39 is 0 Å². The fourth-order valence-corrected chi connectivity index (χ4v) is 4.37. The maximum absolute atomic E-state index is 11.3. The fraction of sp³-hybridized carbons (Fsp3) is 0.684. The average Bonchev–Trinajstić information content (AvgIpc) is 2.65. The van der Waals surface area contributed by atoms with Gasteiger partial charge in [0.2, 0.25) is 0 Å². The van der Waals surface area contributed by atoms with Gasteiger partial charge in [0.15, 0.2) is 0 Å². The number of nitrogens with zero attached hydrogens (tertiary/aromatic N) is 2. The topological polar surface area (TPSA) is 67.6 Å². The second-order valence-electron chi connectivity index (χ2n) is 7.50. The number of benzene rings is 1. The summed E-state index contributed by atoms with van der Waals surface area (Å²) >= 11 is 6.05. The minimum absolute atomic E-state index is 0.0564. The largest absolute Gasteiger partial charge is 0.381 e. The molecule has 0 aromatic heterocycles. The Hall–Kier alpha value is -1.37. The normalized spacial score (nSPS) is 25.2. The summed E-state index contributed by atoms with van der Waals surface area (Å²) in [6.45, 7) is 3.96. The molecule has 144 valence electrons. The molecule has 2 aliphatic rings. The molecule has 6 nitrogen and oxygen atoms in total. The number of rotatable bonds is 5. The third kappa shape index (κ3) is 4.48. The minimum Gasteiger partial charge on any atom is -0.381 e. The zero-order valence-corrected chi connectivity index (χ0v) is 16.3. The number of likely N-dealkylation sites (tertiary alicyclic amines) is 1. The Balaban J connectivity index is 1.56. The van der Waals surface area contributed by atoms with Gasteiger partial charge in [-0.3, -0.25) is 10.1 Å². The highest BCUT2D eigenvalue weighted by molar-refractivity contribution is 6.31. The van der Waals surface area contributed by atoms with Crippen molar-refractivity contribution in [2.75, 3.05) is 25.5 Å². The van der Waals surface area contributed by atoms with Gasteiger partial charge in [-0.05, 0) is 57.1 Å². The van der Waals surface area contributed by atoms with Crippen molar-refractivity contribution in [2.45, 2.75) is 63.6 Å². The molecule has 1 N–H and O–H groups in total. The Morgan fingerprint density at radius 3 is 2.42 bits per heavy atom. The predicted octanol–water partition coefficient (Wildman–Crippen LogP) is 4.39. The predicted molar refractivity (Wildman–Crippen MR) is 104 cm³/mol. The van der Waals surface area contributed by atoms with Crippen LogP contribution in [0.1, 0.15) is 44.1 Å². The van der Waals surface area contributed by atoms with Crippen LogP contribution in [0.25, 0.3) is 0 Å². The maximum Gasteiger partial charge on any atom is 0.293 e. The Bertz CT molecular complexity index is 639. The number of piperidine rings is 1. The van der Waals surface area contributed by atoms with Crippen LogP contribution in [0.5, 0.6) is 0 Å². The van der Waals surface area contributed by atoms with Gasteiger partial charge in [0.1, 0.15) is 5.69 Å². The van der Waals surface area contributed by atoms with Crippen LogP contribution in [0.15, 0.2) is 12.1 Å². The number of hydrogen-bond donors (Lipinski definition) is 1. The Morgan fingerprint density at radius 1 is 1.19 bits per heavy atom. The Labute approximate surface area is 160 Å². The lowest BCUT2D eigenvalue weighted by atomic mass is 9.90. The van der Waals surface area contributed by atoms with E-state index >= 15 is 0 Å². The number of nitro groups is 1. The van der Waals surface area contributed by atoms with Crippen molar-refractivity contribution >= 4 is 23.0 Å². The number of halogens is 1. The van der Waals surface area contributed by atoms with Crippen molar-refractivity contribution in [3.63, 3.8) is 0 Å². The summed E-state index contributed by atoms with van der Waals surface area (Å²) in [6, 6.07) is 4.16. The van der Waals surface area contributed by atoms with Crippen LogP contribution in [0, 0.1) is 17.0 Å². The summed E-state index contributed by atoms with van der Waals surface area (Å²) in [5.74, 6) is 0. The molecule has 2 fully saturated rings. The van der Waals surface area contributed by atoms with Crippen LogP contribution in [0.3, 0.4) is 0 Å².